The molecule has 1 aliphatic heterocycles. The minimum absolute atomic E-state index is 0.598. The molecule has 1 aliphatic rings. The number of rotatable bonds is 4. The van der Waals surface area contributed by atoms with Gasteiger partial charge in [-0.25, -0.2) is 4.98 Å². The van der Waals surface area contributed by atoms with E-state index in [0.717, 1.165) is 65.4 Å². The van der Waals surface area contributed by atoms with E-state index in [2.05, 4.69) is 58.5 Å². The summed E-state index contributed by atoms with van der Waals surface area (Å²) in [6.45, 7) is 4.23. The molecule has 0 amide bonds. The number of imidazole rings is 2. The van der Waals surface area contributed by atoms with Crippen molar-refractivity contribution < 1.29 is 4.74 Å². The zero-order valence-corrected chi connectivity index (χ0v) is 23.3. The minimum atomic E-state index is 0.598. The molecule has 192 valence electrons. The van der Waals surface area contributed by atoms with Gasteiger partial charge < -0.3 is 10.1 Å². The molecule has 0 bridgehead atoms. The Morgan fingerprint density at radius 2 is 1.61 bits per heavy atom. The van der Waals surface area contributed by atoms with Crippen LogP contribution in [0.4, 0.5) is 5.69 Å². The lowest BCUT2D eigenvalue weighted by Gasteiger charge is -2.16. The molecule has 5 nitrogen and oxygen atoms in total. The molecule has 0 fully saturated rings. The van der Waals surface area contributed by atoms with Gasteiger partial charge in [0.25, 0.3) is 0 Å². The van der Waals surface area contributed by atoms with Crippen LogP contribution in [0.5, 0.6) is 5.75 Å². The molecule has 0 radical (unpaired) electrons. The van der Waals surface area contributed by atoms with E-state index in [-0.39, 0.29) is 0 Å². The third-order valence-electron chi connectivity index (χ3n) is 7.53. The predicted octanol–water partition coefficient (Wildman–Crippen LogP) is 7.87. The van der Waals surface area contributed by atoms with Gasteiger partial charge in [0.05, 0.1) is 29.9 Å². The number of halogens is 1. The molecule has 3 heterocycles. The van der Waals surface area contributed by atoms with Crippen LogP contribution >= 0.6 is 23.8 Å². The fourth-order valence-corrected chi connectivity index (χ4v) is 5.80. The number of methoxy groups -OCH3 is 1. The number of ether oxygens (including phenoxy) is 1. The average molecular weight is 541 g/mol. The first-order chi connectivity index (χ1) is 18.5. The van der Waals surface area contributed by atoms with E-state index < -0.39 is 0 Å². The molecule has 0 unspecified atom stereocenters. The molecule has 3 aromatic carbocycles. The van der Waals surface area contributed by atoms with Gasteiger partial charge in [0, 0.05) is 21.8 Å². The van der Waals surface area contributed by atoms with Crippen molar-refractivity contribution in [2.75, 3.05) is 12.4 Å². The van der Waals surface area contributed by atoms with Crippen molar-refractivity contribution >= 4 is 40.4 Å². The normalized spacial score (nSPS) is 12.9. The predicted molar refractivity (Wildman–Crippen MR) is 160 cm³/mol. The lowest BCUT2D eigenvalue weighted by Crippen LogP contribution is -2.21. The van der Waals surface area contributed by atoms with Crippen molar-refractivity contribution in [2.45, 2.75) is 39.5 Å². The Kier molecular flexibility index (Phi) is 6.46. The third-order valence-corrected chi connectivity index (χ3v) is 8.07. The highest BCUT2D eigenvalue weighted by atomic mass is 35.5. The van der Waals surface area contributed by atoms with Crippen molar-refractivity contribution in [3.8, 4) is 28.3 Å². The molecular weight excluding hydrogens is 512 g/mol. The Labute approximate surface area is 233 Å². The first kappa shape index (κ1) is 24.7. The Balaban J connectivity index is 1.60. The molecule has 2 aromatic heterocycles. The molecule has 0 aliphatic carbocycles. The van der Waals surface area contributed by atoms with Crippen LogP contribution in [0.25, 0.3) is 28.3 Å². The molecule has 6 rings (SSSR count). The minimum Gasteiger partial charge on any atom is -0.497 e. The Bertz CT molecular complexity index is 1670. The van der Waals surface area contributed by atoms with Gasteiger partial charge in [-0.2, -0.15) is 0 Å². The first-order valence-electron chi connectivity index (χ1n) is 12.9. The van der Waals surface area contributed by atoms with Crippen LogP contribution in [-0.4, -0.2) is 26.2 Å². The second-order valence-electron chi connectivity index (χ2n) is 9.79. The molecule has 7 heteroatoms. The number of aryl methyl sites for hydroxylation is 3. The number of nitrogens with zero attached hydrogens (tertiary/aromatic N) is 3. The highest BCUT2D eigenvalue weighted by Crippen LogP contribution is 2.37. The maximum absolute atomic E-state index is 6.21. The monoisotopic (exact) mass is 540 g/mol. The Hall–Kier alpha value is -3.61. The van der Waals surface area contributed by atoms with E-state index in [1.807, 2.05) is 36.4 Å². The van der Waals surface area contributed by atoms with Gasteiger partial charge in [0.15, 0.2) is 5.11 Å². The highest BCUT2D eigenvalue weighted by Gasteiger charge is 2.29. The molecule has 0 spiro atoms. The third kappa shape index (κ3) is 4.18. The number of hydrogen-bond acceptors (Lipinski definition) is 3. The molecule has 0 saturated heterocycles. The molecule has 5 aromatic rings. The molecular formula is C31H29ClN4OS. The van der Waals surface area contributed by atoms with Crippen LogP contribution in [0.15, 0.2) is 66.7 Å². The number of nitrogens with one attached hydrogen (secondary N) is 1. The largest absolute Gasteiger partial charge is 0.497 e. The molecule has 1 N–H and O–H groups in total. The first-order valence-corrected chi connectivity index (χ1v) is 13.7. The van der Waals surface area contributed by atoms with Crippen LogP contribution < -0.4 is 10.1 Å². The van der Waals surface area contributed by atoms with Crippen molar-refractivity contribution in [1.29, 1.82) is 0 Å². The maximum atomic E-state index is 6.21. The second-order valence-corrected chi connectivity index (χ2v) is 10.6. The zero-order chi connectivity index (χ0) is 26.4. The van der Waals surface area contributed by atoms with Gasteiger partial charge in [0.2, 0.25) is 5.78 Å². The number of hydrogen-bond donors (Lipinski definition) is 1. The number of benzene rings is 3. The SMILES string of the molecule is COc1ccc(-c2c3n4c(c(-c5ccc(Cl)cc5)nc4n2C(=S)Nc2cccc(C)c2C)CCCC3)cc1. The number of aromatic nitrogens is 3. The highest BCUT2D eigenvalue weighted by molar-refractivity contribution is 7.80. The summed E-state index contributed by atoms with van der Waals surface area (Å²) in [6.07, 6.45) is 4.10. The van der Waals surface area contributed by atoms with E-state index in [0.29, 0.717) is 10.1 Å². The fourth-order valence-electron chi connectivity index (χ4n) is 5.39. The molecule has 0 atom stereocenters. The van der Waals surface area contributed by atoms with E-state index in [1.165, 1.54) is 22.5 Å². The molecule has 38 heavy (non-hydrogen) atoms. The Morgan fingerprint density at radius 3 is 2.32 bits per heavy atom. The van der Waals surface area contributed by atoms with Crippen LogP contribution in [0.2, 0.25) is 5.02 Å². The van der Waals surface area contributed by atoms with Gasteiger partial charge >= 0.3 is 0 Å². The summed E-state index contributed by atoms with van der Waals surface area (Å²) in [6, 6.07) is 22.4. The lowest BCUT2D eigenvalue weighted by atomic mass is 10.1. The van der Waals surface area contributed by atoms with Crippen LogP contribution in [0.3, 0.4) is 0 Å². The van der Waals surface area contributed by atoms with Crippen LogP contribution in [-0.2, 0) is 12.8 Å². The second kappa shape index (κ2) is 9.93. The summed E-state index contributed by atoms with van der Waals surface area (Å²) in [4.78, 5) is 5.24. The number of anilines is 1. The summed E-state index contributed by atoms with van der Waals surface area (Å²) in [5.74, 6) is 1.65. The van der Waals surface area contributed by atoms with E-state index in [1.54, 1.807) is 7.11 Å². The van der Waals surface area contributed by atoms with Crippen molar-refractivity contribution in [3.05, 3.63) is 94.3 Å². The summed E-state index contributed by atoms with van der Waals surface area (Å²) in [5, 5.41) is 4.86. The summed E-state index contributed by atoms with van der Waals surface area (Å²) >= 11 is 12.3. The summed E-state index contributed by atoms with van der Waals surface area (Å²) in [5.41, 5.74) is 10.1. The zero-order valence-electron chi connectivity index (χ0n) is 21.7. The van der Waals surface area contributed by atoms with Gasteiger partial charge in [-0.15, -0.1) is 0 Å². The quantitative estimate of drug-likeness (QED) is 0.235. The van der Waals surface area contributed by atoms with E-state index >= 15 is 0 Å². The van der Waals surface area contributed by atoms with Gasteiger partial charge in [0.1, 0.15) is 5.75 Å². The lowest BCUT2D eigenvalue weighted by molar-refractivity contribution is 0.415. The molecule has 0 saturated carbocycles. The summed E-state index contributed by atoms with van der Waals surface area (Å²) in [7, 11) is 1.69. The standard InChI is InChI=1S/C31H29ClN4OS/c1-19-7-6-8-25(20(19)2)33-31(38)36-29(22-13-17-24(37-3)18-14-22)27-10-5-4-9-26-28(34-30(36)35(26)27)21-11-15-23(32)16-12-21/h6-8,11-18H,4-5,9-10H2,1-3H3,(H,33,38). The van der Waals surface area contributed by atoms with Crippen LogP contribution in [0.1, 0.15) is 35.4 Å². The average Bonchev–Trinajstić information content (AvgIpc) is 3.34. The summed E-state index contributed by atoms with van der Waals surface area (Å²) < 4.78 is 9.89. The van der Waals surface area contributed by atoms with Crippen LogP contribution in [0, 0.1) is 13.8 Å². The number of thiocarbonyl (C=S) groups is 1. The fraction of sp³-hybridized carbons (Fsp3) is 0.226. The van der Waals surface area contributed by atoms with Crippen molar-refractivity contribution in [2.24, 2.45) is 0 Å². The smallest absolute Gasteiger partial charge is 0.222 e. The van der Waals surface area contributed by atoms with Gasteiger partial charge in [-0.05, 0) is 105 Å². The van der Waals surface area contributed by atoms with Crippen molar-refractivity contribution in [1.82, 2.24) is 14.0 Å². The van der Waals surface area contributed by atoms with Gasteiger partial charge in [-0.1, -0.05) is 35.9 Å². The Morgan fingerprint density at radius 1 is 0.921 bits per heavy atom. The topological polar surface area (TPSA) is 43.5 Å². The maximum Gasteiger partial charge on any atom is 0.222 e. The van der Waals surface area contributed by atoms with Crippen molar-refractivity contribution in [3.63, 3.8) is 0 Å². The van der Waals surface area contributed by atoms with E-state index in [9.17, 15) is 0 Å². The van der Waals surface area contributed by atoms with E-state index in [4.69, 9.17) is 33.5 Å². The van der Waals surface area contributed by atoms with Gasteiger partial charge in [-0.3, -0.25) is 8.97 Å².